The van der Waals surface area contributed by atoms with Gasteiger partial charge < -0.3 is 5.32 Å². The Bertz CT molecular complexity index is 1200. The highest BCUT2D eigenvalue weighted by Crippen LogP contribution is 2.28. The average molecular weight is 469 g/mol. The fourth-order valence-corrected chi connectivity index (χ4v) is 7.17. The van der Waals surface area contributed by atoms with Crippen LogP contribution in [0, 0.1) is 13.8 Å². The fourth-order valence-electron chi connectivity index (χ4n) is 3.77. The van der Waals surface area contributed by atoms with E-state index in [1.54, 1.807) is 50.6 Å². The Hall–Kier alpha value is -2.24. The Morgan fingerprint density at radius 1 is 1.23 bits per heavy atom. The molecule has 170 valence electrons. The van der Waals surface area contributed by atoms with Crippen LogP contribution < -0.4 is 5.32 Å². The first-order valence-electron chi connectivity index (χ1n) is 10.2. The van der Waals surface area contributed by atoms with E-state index in [9.17, 15) is 21.6 Å². The maximum absolute atomic E-state index is 13.0. The third-order valence-electron chi connectivity index (χ3n) is 5.43. The van der Waals surface area contributed by atoms with Crippen molar-refractivity contribution in [1.29, 1.82) is 0 Å². The highest BCUT2D eigenvalue weighted by atomic mass is 32.2. The van der Waals surface area contributed by atoms with Gasteiger partial charge in [-0.1, -0.05) is 19.9 Å². The topological polar surface area (TPSA) is 118 Å². The van der Waals surface area contributed by atoms with Crippen molar-refractivity contribution in [3.8, 4) is 0 Å². The molecule has 2 aromatic rings. The molecule has 0 aliphatic carbocycles. The largest absolute Gasteiger partial charge is 0.307 e. The SMILES string of the molecule is CCN(CC)S(=O)(=O)c1cc(C(=O)Nc2cc(C)nn2C2CCS(=O)(=O)C2)ccc1C. The van der Waals surface area contributed by atoms with E-state index in [4.69, 9.17) is 0 Å². The van der Waals surface area contributed by atoms with Crippen LogP contribution in [0.3, 0.4) is 0 Å². The van der Waals surface area contributed by atoms with E-state index in [-0.39, 0.29) is 28.0 Å². The van der Waals surface area contributed by atoms with Crippen LogP contribution in [0.25, 0.3) is 0 Å². The summed E-state index contributed by atoms with van der Waals surface area (Å²) in [5.74, 6) is -0.0289. The van der Waals surface area contributed by atoms with Crippen LogP contribution in [-0.4, -0.2) is 61.4 Å². The smallest absolute Gasteiger partial charge is 0.256 e. The van der Waals surface area contributed by atoms with Gasteiger partial charge in [0.1, 0.15) is 5.82 Å². The third kappa shape index (κ3) is 4.83. The van der Waals surface area contributed by atoms with Gasteiger partial charge in [0.25, 0.3) is 5.91 Å². The van der Waals surface area contributed by atoms with Crippen LogP contribution in [-0.2, 0) is 19.9 Å². The van der Waals surface area contributed by atoms with Gasteiger partial charge >= 0.3 is 0 Å². The molecule has 0 saturated carbocycles. The molecule has 0 radical (unpaired) electrons. The number of amides is 1. The number of aromatic nitrogens is 2. The second-order valence-corrected chi connectivity index (χ2v) is 11.8. The Morgan fingerprint density at radius 2 is 1.90 bits per heavy atom. The molecule has 1 N–H and O–H groups in total. The van der Waals surface area contributed by atoms with Crippen molar-refractivity contribution in [3.05, 3.63) is 41.1 Å². The molecule has 1 aromatic carbocycles. The number of carbonyl (C=O) groups is 1. The first-order valence-corrected chi connectivity index (χ1v) is 13.4. The lowest BCUT2D eigenvalue weighted by Gasteiger charge is -2.20. The summed E-state index contributed by atoms with van der Waals surface area (Å²) in [5, 5.41) is 7.12. The Labute approximate surface area is 183 Å². The summed E-state index contributed by atoms with van der Waals surface area (Å²) in [6.45, 7) is 7.64. The van der Waals surface area contributed by atoms with Gasteiger partial charge in [0.05, 0.1) is 28.1 Å². The summed E-state index contributed by atoms with van der Waals surface area (Å²) in [6, 6.07) is 5.89. The summed E-state index contributed by atoms with van der Waals surface area (Å²) in [7, 11) is -6.84. The quantitative estimate of drug-likeness (QED) is 0.665. The van der Waals surface area contributed by atoms with Gasteiger partial charge in [-0.25, -0.2) is 21.5 Å². The zero-order valence-electron chi connectivity index (χ0n) is 18.1. The van der Waals surface area contributed by atoms with Gasteiger partial charge in [0.2, 0.25) is 10.0 Å². The number of rotatable bonds is 7. The zero-order chi connectivity index (χ0) is 23.0. The van der Waals surface area contributed by atoms with Crippen molar-refractivity contribution in [2.45, 2.75) is 45.1 Å². The molecule has 1 aliphatic heterocycles. The van der Waals surface area contributed by atoms with Crippen LogP contribution in [0.4, 0.5) is 5.82 Å². The predicted octanol–water partition coefficient (Wildman–Crippen LogP) is 2.14. The molecule has 11 heteroatoms. The average Bonchev–Trinajstić information content (AvgIpc) is 3.23. The Balaban J connectivity index is 1.91. The molecular formula is C20H28N4O5S2. The summed E-state index contributed by atoms with van der Waals surface area (Å²) in [5.41, 5.74) is 1.40. The number of carbonyl (C=O) groups excluding carboxylic acids is 1. The van der Waals surface area contributed by atoms with E-state index in [2.05, 4.69) is 10.4 Å². The highest BCUT2D eigenvalue weighted by molar-refractivity contribution is 7.91. The van der Waals surface area contributed by atoms with Crippen LogP contribution >= 0.6 is 0 Å². The fraction of sp³-hybridized carbons (Fsp3) is 0.500. The second-order valence-electron chi connectivity index (χ2n) is 7.70. The summed E-state index contributed by atoms with van der Waals surface area (Å²) < 4.78 is 52.5. The minimum Gasteiger partial charge on any atom is -0.307 e. The van der Waals surface area contributed by atoms with E-state index in [1.807, 2.05) is 0 Å². The van der Waals surface area contributed by atoms with Crippen molar-refractivity contribution in [3.63, 3.8) is 0 Å². The summed E-state index contributed by atoms with van der Waals surface area (Å²) >= 11 is 0. The first-order chi connectivity index (χ1) is 14.5. The van der Waals surface area contributed by atoms with E-state index in [1.165, 1.54) is 10.4 Å². The third-order valence-corrected chi connectivity index (χ3v) is 9.37. The number of aryl methyl sites for hydroxylation is 2. The molecule has 1 aromatic heterocycles. The maximum atomic E-state index is 13.0. The van der Waals surface area contributed by atoms with E-state index in [0.717, 1.165) is 0 Å². The molecule has 3 rings (SSSR count). The minimum atomic E-state index is -3.72. The number of nitrogens with one attached hydrogen (secondary N) is 1. The highest BCUT2D eigenvalue weighted by Gasteiger charge is 2.31. The van der Waals surface area contributed by atoms with Crippen molar-refractivity contribution < 1.29 is 21.6 Å². The molecule has 1 saturated heterocycles. The molecule has 0 bridgehead atoms. The van der Waals surface area contributed by atoms with Crippen molar-refractivity contribution in [2.75, 3.05) is 29.9 Å². The Kier molecular flexibility index (Phi) is 6.59. The molecule has 1 fully saturated rings. The number of nitrogens with zero attached hydrogens (tertiary/aromatic N) is 3. The number of sulfonamides is 1. The monoisotopic (exact) mass is 468 g/mol. The summed E-state index contributed by atoms with van der Waals surface area (Å²) in [4.78, 5) is 13.0. The molecule has 9 nitrogen and oxygen atoms in total. The number of sulfone groups is 1. The van der Waals surface area contributed by atoms with Crippen LogP contribution in [0.5, 0.6) is 0 Å². The lowest BCUT2D eigenvalue weighted by Crippen LogP contribution is -2.31. The molecule has 31 heavy (non-hydrogen) atoms. The maximum Gasteiger partial charge on any atom is 0.256 e. The minimum absolute atomic E-state index is 0.0201. The molecule has 1 unspecified atom stereocenters. The first kappa shape index (κ1) is 23.4. The molecule has 2 heterocycles. The molecule has 0 spiro atoms. The van der Waals surface area contributed by atoms with Gasteiger partial charge in [-0.15, -0.1) is 0 Å². The van der Waals surface area contributed by atoms with E-state index >= 15 is 0 Å². The van der Waals surface area contributed by atoms with Crippen molar-refractivity contribution in [2.24, 2.45) is 0 Å². The van der Waals surface area contributed by atoms with E-state index < -0.39 is 25.8 Å². The van der Waals surface area contributed by atoms with E-state index in [0.29, 0.717) is 36.6 Å². The van der Waals surface area contributed by atoms with Gasteiger partial charge in [-0.2, -0.15) is 9.40 Å². The predicted molar refractivity (Wildman–Crippen MR) is 119 cm³/mol. The number of anilines is 1. The van der Waals surface area contributed by atoms with Crippen LogP contribution in [0.1, 0.15) is 47.9 Å². The standard InChI is InChI=1S/C20H28N4O5S2/c1-5-23(6-2)31(28,29)18-12-16(8-7-14(18)3)20(25)21-19-11-15(4)22-24(19)17-9-10-30(26,27)13-17/h7-8,11-12,17H,5-6,9-10,13H2,1-4H3,(H,21,25). The molecule has 1 atom stereocenters. The Morgan fingerprint density at radius 3 is 2.48 bits per heavy atom. The molecular weight excluding hydrogens is 440 g/mol. The van der Waals surface area contributed by atoms with Gasteiger partial charge in [0.15, 0.2) is 9.84 Å². The van der Waals surface area contributed by atoms with Gasteiger partial charge in [-0.05, 0) is 38.0 Å². The van der Waals surface area contributed by atoms with Crippen LogP contribution in [0.15, 0.2) is 29.2 Å². The van der Waals surface area contributed by atoms with Crippen molar-refractivity contribution >= 4 is 31.6 Å². The molecule has 1 amide bonds. The van der Waals surface area contributed by atoms with Gasteiger partial charge in [0, 0.05) is 24.7 Å². The number of hydrogen-bond donors (Lipinski definition) is 1. The lowest BCUT2D eigenvalue weighted by molar-refractivity contribution is 0.102. The normalized spacial score (nSPS) is 18.4. The zero-order valence-corrected chi connectivity index (χ0v) is 19.8. The number of benzene rings is 1. The summed E-state index contributed by atoms with van der Waals surface area (Å²) in [6.07, 6.45) is 0.434. The van der Waals surface area contributed by atoms with Crippen LogP contribution in [0.2, 0.25) is 0 Å². The number of hydrogen-bond acceptors (Lipinski definition) is 6. The van der Waals surface area contributed by atoms with Gasteiger partial charge in [-0.3, -0.25) is 4.79 Å². The molecule has 1 aliphatic rings. The second kappa shape index (κ2) is 8.71. The lowest BCUT2D eigenvalue weighted by atomic mass is 10.1. The van der Waals surface area contributed by atoms with Crippen molar-refractivity contribution in [1.82, 2.24) is 14.1 Å².